The lowest BCUT2D eigenvalue weighted by Crippen LogP contribution is -2.31. The van der Waals surface area contributed by atoms with Gasteiger partial charge in [-0.3, -0.25) is 10.1 Å². The quantitative estimate of drug-likeness (QED) is 0.640. The van der Waals surface area contributed by atoms with Gasteiger partial charge in [0, 0.05) is 18.2 Å². The Morgan fingerprint density at radius 3 is 2.94 bits per heavy atom. The average Bonchev–Trinajstić information content (AvgIpc) is 2.72. The van der Waals surface area contributed by atoms with Crippen molar-refractivity contribution in [3.63, 3.8) is 0 Å². The first-order valence-corrected chi connectivity index (χ1v) is 5.77. The molecule has 2 atom stereocenters. The van der Waals surface area contributed by atoms with Crippen molar-refractivity contribution < 1.29 is 9.66 Å². The molecular formula is C12H16N2O3. The number of non-ortho nitro benzene ring substituents is 1. The van der Waals surface area contributed by atoms with Crippen LogP contribution in [-0.4, -0.2) is 17.1 Å². The first-order chi connectivity index (χ1) is 8.16. The van der Waals surface area contributed by atoms with Crippen LogP contribution < -0.4 is 5.73 Å². The van der Waals surface area contributed by atoms with Crippen molar-refractivity contribution in [3.05, 3.63) is 39.9 Å². The molecule has 0 radical (unpaired) electrons. The molecule has 1 aliphatic rings. The van der Waals surface area contributed by atoms with Gasteiger partial charge in [0.2, 0.25) is 0 Å². The molecule has 1 aliphatic carbocycles. The third-order valence-corrected chi connectivity index (χ3v) is 3.09. The maximum Gasteiger partial charge on any atom is 0.269 e. The van der Waals surface area contributed by atoms with Crippen molar-refractivity contribution in [2.75, 3.05) is 0 Å². The van der Waals surface area contributed by atoms with Gasteiger partial charge in [-0.2, -0.15) is 0 Å². The Kier molecular flexibility index (Phi) is 3.71. The van der Waals surface area contributed by atoms with Crippen molar-refractivity contribution in [2.24, 2.45) is 5.73 Å². The predicted octanol–water partition coefficient (Wildman–Crippen LogP) is 1.99. The molecule has 2 N–H and O–H groups in total. The van der Waals surface area contributed by atoms with Crippen LogP contribution in [0.25, 0.3) is 0 Å². The lowest BCUT2D eigenvalue weighted by molar-refractivity contribution is -0.385. The molecule has 92 valence electrons. The number of nitro benzene ring substituents is 1. The van der Waals surface area contributed by atoms with Gasteiger partial charge in [-0.05, 0) is 24.8 Å². The van der Waals surface area contributed by atoms with Crippen LogP contribution in [0.1, 0.15) is 24.8 Å². The van der Waals surface area contributed by atoms with E-state index >= 15 is 0 Å². The summed E-state index contributed by atoms with van der Waals surface area (Å²) < 4.78 is 5.69. The first kappa shape index (κ1) is 12.0. The SMILES string of the molecule is NC1CCCC1OCc1cccc([N+](=O)[O-])c1. The van der Waals surface area contributed by atoms with E-state index in [1.54, 1.807) is 12.1 Å². The Labute approximate surface area is 99.7 Å². The summed E-state index contributed by atoms with van der Waals surface area (Å²) in [6.07, 6.45) is 3.17. The third kappa shape index (κ3) is 3.01. The van der Waals surface area contributed by atoms with E-state index in [1.165, 1.54) is 6.07 Å². The van der Waals surface area contributed by atoms with Gasteiger partial charge >= 0.3 is 0 Å². The summed E-state index contributed by atoms with van der Waals surface area (Å²) in [5.41, 5.74) is 6.80. The fraction of sp³-hybridized carbons (Fsp3) is 0.500. The second-order valence-electron chi connectivity index (χ2n) is 4.37. The molecule has 0 bridgehead atoms. The van der Waals surface area contributed by atoms with Gasteiger partial charge in [-0.25, -0.2) is 0 Å². The van der Waals surface area contributed by atoms with Gasteiger partial charge in [0.25, 0.3) is 5.69 Å². The van der Waals surface area contributed by atoms with Gasteiger partial charge < -0.3 is 10.5 Å². The minimum Gasteiger partial charge on any atom is -0.372 e. The molecule has 1 saturated carbocycles. The maximum absolute atomic E-state index is 10.6. The molecule has 0 aliphatic heterocycles. The van der Waals surface area contributed by atoms with Crippen LogP contribution in [0, 0.1) is 10.1 Å². The molecule has 1 fully saturated rings. The smallest absolute Gasteiger partial charge is 0.269 e. The van der Waals surface area contributed by atoms with Gasteiger partial charge in [0.15, 0.2) is 0 Å². The summed E-state index contributed by atoms with van der Waals surface area (Å²) in [4.78, 5) is 10.2. The second kappa shape index (κ2) is 5.25. The number of hydrogen-bond donors (Lipinski definition) is 1. The topological polar surface area (TPSA) is 78.4 Å². The summed E-state index contributed by atoms with van der Waals surface area (Å²) in [5, 5.41) is 10.6. The van der Waals surface area contributed by atoms with E-state index < -0.39 is 4.92 Å². The van der Waals surface area contributed by atoms with Gasteiger partial charge in [0.1, 0.15) is 0 Å². The van der Waals surface area contributed by atoms with Crippen LogP contribution in [-0.2, 0) is 11.3 Å². The van der Waals surface area contributed by atoms with Crippen LogP contribution >= 0.6 is 0 Å². The average molecular weight is 236 g/mol. The van der Waals surface area contributed by atoms with E-state index in [1.807, 2.05) is 6.07 Å². The largest absolute Gasteiger partial charge is 0.372 e. The number of rotatable bonds is 4. The van der Waals surface area contributed by atoms with E-state index in [4.69, 9.17) is 10.5 Å². The lowest BCUT2D eigenvalue weighted by atomic mass is 10.2. The second-order valence-corrected chi connectivity index (χ2v) is 4.37. The fourth-order valence-electron chi connectivity index (χ4n) is 2.12. The highest BCUT2D eigenvalue weighted by Gasteiger charge is 2.24. The summed E-state index contributed by atoms with van der Waals surface area (Å²) in [5.74, 6) is 0. The zero-order chi connectivity index (χ0) is 12.3. The lowest BCUT2D eigenvalue weighted by Gasteiger charge is -2.16. The van der Waals surface area contributed by atoms with Crippen molar-refractivity contribution in [3.8, 4) is 0 Å². The van der Waals surface area contributed by atoms with E-state index in [0.29, 0.717) is 6.61 Å². The van der Waals surface area contributed by atoms with Crippen molar-refractivity contribution in [1.29, 1.82) is 0 Å². The van der Waals surface area contributed by atoms with E-state index in [0.717, 1.165) is 24.8 Å². The van der Waals surface area contributed by atoms with Crippen molar-refractivity contribution in [1.82, 2.24) is 0 Å². The van der Waals surface area contributed by atoms with E-state index in [9.17, 15) is 10.1 Å². The molecular weight excluding hydrogens is 220 g/mol. The zero-order valence-electron chi connectivity index (χ0n) is 9.54. The molecule has 5 nitrogen and oxygen atoms in total. The predicted molar refractivity (Wildman–Crippen MR) is 63.5 cm³/mol. The van der Waals surface area contributed by atoms with Crippen LogP contribution in [0.3, 0.4) is 0 Å². The minimum atomic E-state index is -0.398. The maximum atomic E-state index is 10.6. The van der Waals surface area contributed by atoms with Crippen LogP contribution in [0.4, 0.5) is 5.69 Å². The normalized spacial score (nSPS) is 23.8. The molecule has 0 amide bonds. The van der Waals surface area contributed by atoms with Crippen LogP contribution in [0.2, 0.25) is 0 Å². The molecule has 0 heterocycles. The number of nitrogens with zero attached hydrogens (tertiary/aromatic N) is 1. The first-order valence-electron chi connectivity index (χ1n) is 5.77. The fourth-order valence-corrected chi connectivity index (χ4v) is 2.12. The molecule has 2 unspecified atom stereocenters. The molecule has 17 heavy (non-hydrogen) atoms. The Balaban J connectivity index is 1.94. The third-order valence-electron chi connectivity index (χ3n) is 3.09. The monoisotopic (exact) mass is 236 g/mol. The van der Waals surface area contributed by atoms with Gasteiger partial charge in [0.05, 0.1) is 17.6 Å². The number of hydrogen-bond acceptors (Lipinski definition) is 4. The number of nitro groups is 1. The highest BCUT2D eigenvalue weighted by atomic mass is 16.6. The molecule has 0 spiro atoms. The summed E-state index contributed by atoms with van der Waals surface area (Å²) in [6, 6.07) is 6.62. The Morgan fingerprint density at radius 1 is 1.47 bits per heavy atom. The minimum absolute atomic E-state index is 0.0919. The summed E-state index contributed by atoms with van der Waals surface area (Å²) >= 11 is 0. The molecule has 2 rings (SSSR count). The highest BCUT2D eigenvalue weighted by molar-refractivity contribution is 5.33. The van der Waals surface area contributed by atoms with Crippen LogP contribution in [0.15, 0.2) is 24.3 Å². The Hall–Kier alpha value is -1.46. The number of ether oxygens (including phenoxy) is 1. The standard InChI is InChI=1S/C12H16N2O3/c13-11-5-2-6-12(11)17-8-9-3-1-4-10(7-9)14(15)16/h1,3-4,7,11-12H,2,5-6,8,13H2. The van der Waals surface area contributed by atoms with E-state index in [2.05, 4.69) is 0 Å². The van der Waals surface area contributed by atoms with Crippen LogP contribution in [0.5, 0.6) is 0 Å². The molecule has 5 heteroatoms. The zero-order valence-corrected chi connectivity index (χ0v) is 9.54. The Morgan fingerprint density at radius 2 is 2.29 bits per heavy atom. The van der Waals surface area contributed by atoms with Gasteiger partial charge in [-0.15, -0.1) is 0 Å². The van der Waals surface area contributed by atoms with Crippen molar-refractivity contribution in [2.45, 2.75) is 38.0 Å². The summed E-state index contributed by atoms with van der Waals surface area (Å²) in [7, 11) is 0. The number of nitrogens with two attached hydrogens (primary N) is 1. The Bertz CT molecular complexity index is 408. The van der Waals surface area contributed by atoms with Crippen molar-refractivity contribution >= 4 is 5.69 Å². The molecule has 0 saturated heterocycles. The highest BCUT2D eigenvalue weighted by Crippen LogP contribution is 2.22. The van der Waals surface area contributed by atoms with E-state index in [-0.39, 0.29) is 17.8 Å². The molecule has 1 aromatic rings. The molecule has 0 aromatic heterocycles. The number of benzene rings is 1. The molecule has 1 aromatic carbocycles. The van der Waals surface area contributed by atoms with Gasteiger partial charge in [-0.1, -0.05) is 12.1 Å². The summed E-state index contributed by atoms with van der Waals surface area (Å²) in [6.45, 7) is 0.389.